The number of rotatable bonds is 5. The van der Waals surface area contributed by atoms with Crippen LogP contribution in [-0.2, 0) is 6.54 Å². The van der Waals surface area contributed by atoms with Crippen molar-refractivity contribution in [3.8, 4) is 17.3 Å². The summed E-state index contributed by atoms with van der Waals surface area (Å²) in [6.07, 6.45) is 0. The van der Waals surface area contributed by atoms with E-state index in [1.54, 1.807) is 13.0 Å². The average Bonchev–Trinajstić information content (AvgIpc) is 3.21. The van der Waals surface area contributed by atoms with Gasteiger partial charge < -0.3 is 19.1 Å². The second-order valence-corrected chi connectivity index (χ2v) is 4.87. The van der Waals surface area contributed by atoms with E-state index in [0.29, 0.717) is 11.5 Å². The van der Waals surface area contributed by atoms with Crippen molar-refractivity contribution in [2.24, 2.45) is 0 Å². The van der Waals surface area contributed by atoms with E-state index in [-0.39, 0.29) is 29.6 Å². The Morgan fingerprint density at radius 1 is 1.29 bits per heavy atom. The standard InChI is InChI=1S/C15H13FN4O4/c1-8-5-11(19-23-8)14-18-13(24-20-14)7-17-15(21)9-3-4-12(22-2)10(16)6-9/h3-6H,7H2,1-2H3,(H,17,21). The minimum Gasteiger partial charge on any atom is -0.494 e. The molecule has 8 nitrogen and oxygen atoms in total. The minimum atomic E-state index is -0.619. The quantitative estimate of drug-likeness (QED) is 0.763. The number of nitrogens with zero attached hydrogens (tertiary/aromatic N) is 3. The number of methoxy groups -OCH3 is 1. The second kappa shape index (κ2) is 6.49. The zero-order valence-electron chi connectivity index (χ0n) is 12.9. The van der Waals surface area contributed by atoms with Gasteiger partial charge in [-0.05, 0) is 25.1 Å². The number of hydrogen-bond acceptors (Lipinski definition) is 7. The van der Waals surface area contributed by atoms with Gasteiger partial charge in [-0.25, -0.2) is 4.39 Å². The number of benzene rings is 1. The highest BCUT2D eigenvalue weighted by Crippen LogP contribution is 2.18. The van der Waals surface area contributed by atoms with E-state index in [1.807, 2.05) is 0 Å². The molecule has 0 saturated heterocycles. The predicted octanol–water partition coefficient (Wildman–Crippen LogP) is 2.11. The molecule has 24 heavy (non-hydrogen) atoms. The maximum absolute atomic E-state index is 13.6. The molecule has 1 N–H and O–H groups in total. The Kier molecular flexibility index (Phi) is 4.23. The van der Waals surface area contributed by atoms with Crippen LogP contribution >= 0.6 is 0 Å². The lowest BCUT2D eigenvalue weighted by molar-refractivity contribution is 0.0945. The normalized spacial score (nSPS) is 10.6. The van der Waals surface area contributed by atoms with Crippen molar-refractivity contribution in [3.05, 3.63) is 47.3 Å². The number of aromatic nitrogens is 3. The van der Waals surface area contributed by atoms with Crippen molar-refractivity contribution in [1.29, 1.82) is 0 Å². The summed E-state index contributed by atoms with van der Waals surface area (Å²) in [5, 5.41) is 10.1. The highest BCUT2D eigenvalue weighted by atomic mass is 19.1. The molecule has 0 aliphatic heterocycles. The van der Waals surface area contributed by atoms with Crippen LogP contribution in [0.2, 0.25) is 0 Å². The number of nitrogens with one attached hydrogen (secondary N) is 1. The van der Waals surface area contributed by atoms with Crippen molar-refractivity contribution in [2.45, 2.75) is 13.5 Å². The molecule has 0 atom stereocenters. The first-order chi connectivity index (χ1) is 11.6. The molecule has 9 heteroatoms. The van der Waals surface area contributed by atoms with Crippen molar-refractivity contribution in [1.82, 2.24) is 20.6 Å². The number of halogens is 1. The van der Waals surface area contributed by atoms with Gasteiger partial charge in [-0.2, -0.15) is 4.98 Å². The molecular weight excluding hydrogens is 319 g/mol. The third-order valence-electron chi connectivity index (χ3n) is 3.14. The molecule has 0 radical (unpaired) electrons. The molecule has 3 rings (SSSR count). The van der Waals surface area contributed by atoms with E-state index in [2.05, 4.69) is 20.6 Å². The summed E-state index contributed by atoms with van der Waals surface area (Å²) >= 11 is 0. The topological polar surface area (TPSA) is 103 Å². The number of carbonyl (C=O) groups is 1. The van der Waals surface area contributed by atoms with Crippen LogP contribution in [0.4, 0.5) is 4.39 Å². The Hall–Kier alpha value is -3.23. The largest absolute Gasteiger partial charge is 0.494 e. The lowest BCUT2D eigenvalue weighted by Crippen LogP contribution is -2.23. The Bertz CT molecular complexity index is 874. The van der Waals surface area contributed by atoms with Crippen molar-refractivity contribution in [3.63, 3.8) is 0 Å². The molecule has 0 aliphatic carbocycles. The fraction of sp³-hybridized carbons (Fsp3) is 0.200. The van der Waals surface area contributed by atoms with E-state index in [1.165, 1.54) is 19.2 Å². The van der Waals surface area contributed by atoms with Crippen LogP contribution in [0.25, 0.3) is 11.5 Å². The van der Waals surface area contributed by atoms with Gasteiger partial charge >= 0.3 is 0 Å². The maximum Gasteiger partial charge on any atom is 0.251 e. The molecule has 3 aromatic rings. The van der Waals surface area contributed by atoms with E-state index >= 15 is 0 Å². The van der Waals surface area contributed by atoms with E-state index < -0.39 is 11.7 Å². The molecule has 1 amide bonds. The van der Waals surface area contributed by atoms with Gasteiger partial charge in [0.25, 0.3) is 5.91 Å². The lowest BCUT2D eigenvalue weighted by Gasteiger charge is -2.05. The third kappa shape index (κ3) is 3.24. The van der Waals surface area contributed by atoms with Crippen LogP contribution in [0.1, 0.15) is 22.0 Å². The fourth-order valence-corrected chi connectivity index (χ4v) is 1.97. The summed E-state index contributed by atoms with van der Waals surface area (Å²) in [6, 6.07) is 5.58. The van der Waals surface area contributed by atoms with Gasteiger partial charge in [-0.3, -0.25) is 4.79 Å². The number of aryl methyl sites for hydroxylation is 1. The SMILES string of the molecule is COc1ccc(C(=O)NCc2nc(-c3cc(C)on3)no2)cc1F. The maximum atomic E-state index is 13.6. The smallest absolute Gasteiger partial charge is 0.251 e. The summed E-state index contributed by atoms with van der Waals surface area (Å²) in [5.41, 5.74) is 0.589. The van der Waals surface area contributed by atoms with Crippen LogP contribution in [0.5, 0.6) is 5.75 Å². The summed E-state index contributed by atoms with van der Waals surface area (Å²) in [4.78, 5) is 16.1. The molecular formula is C15H13FN4O4. The molecule has 0 spiro atoms. The lowest BCUT2D eigenvalue weighted by atomic mass is 10.2. The van der Waals surface area contributed by atoms with E-state index in [4.69, 9.17) is 13.8 Å². The van der Waals surface area contributed by atoms with Crippen molar-refractivity contribution < 1.29 is 23.0 Å². The third-order valence-corrected chi connectivity index (χ3v) is 3.14. The molecule has 0 saturated carbocycles. The van der Waals surface area contributed by atoms with Gasteiger partial charge in [-0.15, -0.1) is 0 Å². The minimum absolute atomic E-state index is 0.00366. The highest BCUT2D eigenvalue weighted by molar-refractivity contribution is 5.94. The second-order valence-electron chi connectivity index (χ2n) is 4.87. The highest BCUT2D eigenvalue weighted by Gasteiger charge is 2.14. The summed E-state index contributed by atoms with van der Waals surface area (Å²) in [6.45, 7) is 1.74. The van der Waals surface area contributed by atoms with E-state index in [9.17, 15) is 9.18 Å². The first-order valence-electron chi connectivity index (χ1n) is 6.95. The van der Waals surface area contributed by atoms with Crippen LogP contribution in [-0.4, -0.2) is 28.3 Å². The number of carbonyl (C=O) groups excluding carboxylic acids is 1. The average molecular weight is 332 g/mol. The summed E-state index contributed by atoms with van der Waals surface area (Å²) in [5.74, 6) is 0.0296. The van der Waals surface area contributed by atoms with Crippen LogP contribution in [0.15, 0.2) is 33.3 Å². The first-order valence-corrected chi connectivity index (χ1v) is 6.95. The molecule has 0 fully saturated rings. The Balaban J connectivity index is 1.64. The Morgan fingerprint density at radius 2 is 2.12 bits per heavy atom. The molecule has 2 heterocycles. The van der Waals surface area contributed by atoms with E-state index in [0.717, 1.165) is 6.07 Å². The van der Waals surface area contributed by atoms with Gasteiger partial charge in [0.2, 0.25) is 11.7 Å². The molecule has 0 aliphatic rings. The monoisotopic (exact) mass is 332 g/mol. The van der Waals surface area contributed by atoms with Crippen LogP contribution < -0.4 is 10.1 Å². The molecule has 0 unspecified atom stereocenters. The zero-order valence-corrected chi connectivity index (χ0v) is 12.9. The summed E-state index contributed by atoms with van der Waals surface area (Å²) < 4.78 is 28.4. The van der Waals surface area contributed by atoms with Crippen LogP contribution in [0.3, 0.4) is 0 Å². The zero-order chi connectivity index (χ0) is 17.1. The van der Waals surface area contributed by atoms with Gasteiger partial charge in [0.15, 0.2) is 17.3 Å². The van der Waals surface area contributed by atoms with Crippen molar-refractivity contribution >= 4 is 5.91 Å². The number of amides is 1. The number of hydrogen-bond donors (Lipinski definition) is 1. The van der Waals surface area contributed by atoms with Gasteiger partial charge in [0, 0.05) is 11.6 Å². The first kappa shape index (κ1) is 15.7. The predicted molar refractivity (Wildman–Crippen MR) is 78.7 cm³/mol. The van der Waals surface area contributed by atoms with Gasteiger partial charge in [0.05, 0.1) is 13.7 Å². The Labute approximate surface area is 135 Å². The van der Waals surface area contributed by atoms with Gasteiger partial charge in [-0.1, -0.05) is 10.3 Å². The fourth-order valence-electron chi connectivity index (χ4n) is 1.97. The van der Waals surface area contributed by atoms with Crippen LogP contribution in [0, 0.1) is 12.7 Å². The number of ether oxygens (including phenoxy) is 1. The van der Waals surface area contributed by atoms with Gasteiger partial charge in [0.1, 0.15) is 5.76 Å². The molecule has 0 bridgehead atoms. The Morgan fingerprint density at radius 3 is 2.79 bits per heavy atom. The molecule has 1 aromatic carbocycles. The molecule has 2 aromatic heterocycles. The van der Waals surface area contributed by atoms with Crippen molar-refractivity contribution in [2.75, 3.05) is 7.11 Å². The molecule has 124 valence electrons. The summed E-state index contributed by atoms with van der Waals surface area (Å²) in [7, 11) is 1.35.